The second-order valence-electron chi connectivity index (χ2n) is 4.36. The molecule has 0 unspecified atom stereocenters. The first kappa shape index (κ1) is 11.4. The lowest BCUT2D eigenvalue weighted by Gasteiger charge is -2.21. The van der Waals surface area contributed by atoms with Gasteiger partial charge >= 0.3 is 0 Å². The highest BCUT2D eigenvalue weighted by molar-refractivity contribution is 9.10. The van der Waals surface area contributed by atoms with Gasteiger partial charge in [0.05, 0.1) is 6.61 Å². The van der Waals surface area contributed by atoms with Crippen LogP contribution in [0.2, 0.25) is 0 Å². The number of aliphatic hydroxyl groups excluding tert-OH is 1. The highest BCUT2D eigenvalue weighted by Gasteiger charge is 2.43. The second kappa shape index (κ2) is 4.03. The molecular weight excluding hydrogens is 276 g/mol. The van der Waals surface area contributed by atoms with Gasteiger partial charge in [0.2, 0.25) is 0 Å². The van der Waals surface area contributed by atoms with Gasteiger partial charge in [0, 0.05) is 23.9 Å². The molecule has 0 radical (unpaired) electrons. The second-order valence-corrected chi connectivity index (χ2v) is 6.29. The molecule has 1 heterocycles. The first-order valence-corrected chi connectivity index (χ1v) is 6.62. The molecule has 0 aliphatic heterocycles. The minimum atomic E-state index is 0.154. The minimum absolute atomic E-state index is 0.154. The summed E-state index contributed by atoms with van der Waals surface area (Å²) in [5.74, 6) is 0. The van der Waals surface area contributed by atoms with Crippen LogP contribution in [0, 0.1) is 12.3 Å². The van der Waals surface area contributed by atoms with E-state index >= 15 is 0 Å². The van der Waals surface area contributed by atoms with Gasteiger partial charge in [0.1, 0.15) is 4.60 Å². The van der Waals surface area contributed by atoms with Crippen molar-refractivity contribution < 1.29 is 5.11 Å². The summed E-state index contributed by atoms with van der Waals surface area (Å²) in [6.07, 6.45) is 2.28. The molecule has 1 N–H and O–H groups in total. The molecule has 2 rings (SSSR count). The van der Waals surface area contributed by atoms with Crippen molar-refractivity contribution in [3.63, 3.8) is 0 Å². The summed E-state index contributed by atoms with van der Waals surface area (Å²) in [5, 5.41) is 10.3. The molecule has 0 saturated heterocycles. The van der Waals surface area contributed by atoms with Crippen molar-refractivity contribution in [1.82, 2.24) is 4.98 Å². The Balaban J connectivity index is 2.04. The molecule has 0 aromatic carbocycles. The standard InChI is InChI=1S/C10H15BrN2OS/c1-7-8(11)12-9(15-7)13(2)5-10(6-14)3-4-10/h14H,3-6H2,1-2H3. The number of hydrogen-bond acceptors (Lipinski definition) is 4. The van der Waals surface area contributed by atoms with Crippen LogP contribution in [0.25, 0.3) is 0 Å². The van der Waals surface area contributed by atoms with Gasteiger partial charge in [0.25, 0.3) is 0 Å². The number of thiazole rings is 1. The van der Waals surface area contributed by atoms with Crippen LogP contribution in [0.1, 0.15) is 17.7 Å². The number of hydrogen-bond donors (Lipinski definition) is 1. The molecule has 1 aliphatic carbocycles. The molecule has 5 heteroatoms. The van der Waals surface area contributed by atoms with Gasteiger partial charge in [-0.15, -0.1) is 11.3 Å². The van der Waals surface area contributed by atoms with E-state index in [4.69, 9.17) is 0 Å². The van der Waals surface area contributed by atoms with Gasteiger partial charge in [-0.05, 0) is 35.7 Å². The smallest absolute Gasteiger partial charge is 0.186 e. The summed E-state index contributed by atoms with van der Waals surface area (Å²) in [6.45, 7) is 3.25. The number of aryl methyl sites for hydroxylation is 1. The van der Waals surface area contributed by atoms with Crippen molar-refractivity contribution in [1.29, 1.82) is 0 Å². The fourth-order valence-electron chi connectivity index (χ4n) is 1.64. The molecule has 1 fully saturated rings. The van der Waals surface area contributed by atoms with E-state index in [0.717, 1.165) is 29.1 Å². The van der Waals surface area contributed by atoms with E-state index in [9.17, 15) is 5.11 Å². The van der Waals surface area contributed by atoms with Gasteiger partial charge in [-0.2, -0.15) is 0 Å². The zero-order valence-electron chi connectivity index (χ0n) is 8.96. The van der Waals surface area contributed by atoms with E-state index in [0.29, 0.717) is 6.61 Å². The van der Waals surface area contributed by atoms with Crippen LogP contribution in [-0.2, 0) is 0 Å². The summed E-state index contributed by atoms with van der Waals surface area (Å²) in [7, 11) is 2.04. The average Bonchev–Trinajstić information content (AvgIpc) is 2.89. The predicted molar refractivity (Wildman–Crippen MR) is 66.6 cm³/mol. The van der Waals surface area contributed by atoms with Gasteiger partial charge in [-0.1, -0.05) is 0 Å². The molecule has 1 aliphatic rings. The van der Waals surface area contributed by atoms with Gasteiger partial charge in [-0.25, -0.2) is 4.98 Å². The number of aromatic nitrogens is 1. The number of aliphatic hydroxyl groups is 1. The third-order valence-corrected chi connectivity index (χ3v) is 5.04. The number of nitrogens with zero attached hydrogens (tertiary/aromatic N) is 2. The van der Waals surface area contributed by atoms with E-state index in [1.54, 1.807) is 11.3 Å². The quantitative estimate of drug-likeness (QED) is 0.925. The van der Waals surface area contributed by atoms with E-state index in [1.165, 1.54) is 4.88 Å². The molecular formula is C10H15BrN2OS. The number of halogens is 1. The first-order chi connectivity index (χ1) is 7.06. The van der Waals surface area contributed by atoms with Crippen LogP contribution in [0.15, 0.2) is 4.60 Å². The SMILES string of the molecule is Cc1sc(N(C)CC2(CO)CC2)nc1Br. The van der Waals surface area contributed by atoms with Crippen molar-refractivity contribution in [2.45, 2.75) is 19.8 Å². The molecule has 1 aromatic rings. The van der Waals surface area contributed by atoms with Crippen LogP contribution in [0.5, 0.6) is 0 Å². The third kappa shape index (κ3) is 2.34. The molecule has 1 aromatic heterocycles. The summed E-state index contributed by atoms with van der Waals surface area (Å²) < 4.78 is 0.934. The lowest BCUT2D eigenvalue weighted by Crippen LogP contribution is -2.28. The monoisotopic (exact) mass is 290 g/mol. The number of anilines is 1. The zero-order chi connectivity index (χ0) is 11.1. The lowest BCUT2D eigenvalue weighted by molar-refractivity contribution is 0.215. The van der Waals surface area contributed by atoms with Crippen LogP contribution in [-0.4, -0.2) is 30.3 Å². The molecule has 0 atom stereocenters. The maximum atomic E-state index is 9.26. The lowest BCUT2D eigenvalue weighted by atomic mass is 10.1. The predicted octanol–water partition coefficient (Wildman–Crippen LogP) is 2.42. The van der Waals surface area contributed by atoms with Crippen LogP contribution < -0.4 is 4.90 Å². The zero-order valence-corrected chi connectivity index (χ0v) is 11.4. The van der Waals surface area contributed by atoms with E-state index < -0.39 is 0 Å². The Morgan fingerprint density at radius 1 is 1.60 bits per heavy atom. The topological polar surface area (TPSA) is 36.4 Å². The Kier molecular flexibility index (Phi) is 3.05. The Bertz CT molecular complexity index is 343. The van der Waals surface area contributed by atoms with Crippen LogP contribution in [0.4, 0.5) is 5.13 Å². The molecule has 84 valence electrons. The Morgan fingerprint density at radius 3 is 2.67 bits per heavy atom. The fourth-order valence-corrected chi connectivity index (χ4v) is 2.93. The van der Waals surface area contributed by atoms with E-state index in [2.05, 4.69) is 32.7 Å². The minimum Gasteiger partial charge on any atom is -0.396 e. The maximum Gasteiger partial charge on any atom is 0.186 e. The average molecular weight is 291 g/mol. The van der Waals surface area contributed by atoms with Crippen molar-refractivity contribution in [3.05, 3.63) is 9.48 Å². The van der Waals surface area contributed by atoms with E-state index in [-0.39, 0.29) is 5.41 Å². The van der Waals surface area contributed by atoms with Crippen LogP contribution in [0.3, 0.4) is 0 Å². The molecule has 0 spiro atoms. The van der Waals surface area contributed by atoms with E-state index in [1.807, 2.05) is 7.05 Å². The molecule has 1 saturated carbocycles. The first-order valence-electron chi connectivity index (χ1n) is 5.01. The molecule has 15 heavy (non-hydrogen) atoms. The van der Waals surface area contributed by atoms with Crippen molar-refractivity contribution in [2.75, 3.05) is 25.1 Å². The van der Waals surface area contributed by atoms with Crippen molar-refractivity contribution >= 4 is 32.4 Å². The van der Waals surface area contributed by atoms with Gasteiger partial charge < -0.3 is 10.0 Å². The Morgan fingerprint density at radius 2 is 2.27 bits per heavy atom. The normalized spacial score (nSPS) is 17.9. The summed E-state index contributed by atoms with van der Waals surface area (Å²) in [4.78, 5) is 7.78. The highest BCUT2D eigenvalue weighted by Crippen LogP contribution is 2.46. The molecule has 0 bridgehead atoms. The van der Waals surface area contributed by atoms with Crippen molar-refractivity contribution in [2.24, 2.45) is 5.41 Å². The molecule has 0 amide bonds. The number of rotatable bonds is 4. The van der Waals surface area contributed by atoms with Gasteiger partial charge in [0.15, 0.2) is 5.13 Å². The van der Waals surface area contributed by atoms with Gasteiger partial charge in [-0.3, -0.25) is 0 Å². The van der Waals surface area contributed by atoms with Crippen LogP contribution >= 0.6 is 27.3 Å². The summed E-state index contributed by atoms with van der Waals surface area (Å²) >= 11 is 5.11. The Hall–Kier alpha value is -0.130. The van der Waals surface area contributed by atoms with Crippen molar-refractivity contribution in [3.8, 4) is 0 Å². The largest absolute Gasteiger partial charge is 0.396 e. The third-order valence-electron chi connectivity index (χ3n) is 2.92. The molecule has 3 nitrogen and oxygen atoms in total. The Labute approximate surface area is 102 Å². The fraction of sp³-hybridized carbons (Fsp3) is 0.700. The highest BCUT2D eigenvalue weighted by atomic mass is 79.9. The maximum absolute atomic E-state index is 9.26. The summed E-state index contributed by atoms with van der Waals surface area (Å²) in [5.41, 5.74) is 0.154. The summed E-state index contributed by atoms with van der Waals surface area (Å²) in [6, 6.07) is 0.